The topological polar surface area (TPSA) is 51.5 Å². The van der Waals surface area contributed by atoms with E-state index in [1.165, 1.54) is 6.26 Å². The van der Waals surface area contributed by atoms with Gasteiger partial charge in [0, 0.05) is 6.54 Å². The Bertz CT molecular complexity index is 734. The van der Waals surface area contributed by atoms with Crippen molar-refractivity contribution in [3.05, 3.63) is 89.9 Å². The van der Waals surface area contributed by atoms with Gasteiger partial charge in [0.15, 0.2) is 5.76 Å². The fraction of sp³-hybridized carbons (Fsp3) is 0.105. The van der Waals surface area contributed by atoms with Gasteiger partial charge in [-0.15, -0.1) is 0 Å². The zero-order chi connectivity index (χ0) is 15.9. The Kier molecular flexibility index (Phi) is 4.74. The number of hydrogen-bond acceptors (Lipinski definition) is 3. The van der Waals surface area contributed by atoms with Crippen molar-refractivity contribution in [1.29, 1.82) is 0 Å². The summed E-state index contributed by atoms with van der Waals surface area (Å²) in [5.41, 5.74) is 2.12. The van der Waals surface area contributed by atoms with Crippen LogP contribution in [0.4, 0.5) is 0 Å². The van der Waals surface area contributed by atoms with Crippen molar-refractivity contribution in [3.63, 3.8) is 0 Å². The number of amides is 1. The highest BCUT2D eigenvalue weighted by Crippen LogP contribution is 2.14. The number of ether oxygens (including phenoxy) is 1. The molecule has 0 saturated heterocycles. The van der Waals surface area contributed by atoms with Crippen LogP contribution in [0.3, 0.4) is 0 Å². The molecule has 4 nitrogen and oxygen atoms in total. The summed E-state index contributed by atoms with van der Waals surface area (Å²) in [5, 5.41) is 2.81. The molecule has 2 aromatic carbocycles. The minimum absolute atomic E-state index is 0.223. The minimum Gasteiger partial charge on any atom is -0.489 e. The fourth-order valence-electron chi connectivity index (χ4n) is 2.12. The van der Waals surface area contributed by atoms with E-state index >= 15 is 0 Å². The van der Waals surface area contributed by atoms with E-state index in [1.807, 2.05) is 54.6 Å². The van der Waals surface area contributed by atoms with Crippen molar-refractivity contribution in [3.8, 4) is 5.75 Å². The van der Waals surface area contributed by atoms with Gasteiger partial charge in [-0.3, -0.25) is 4.79 Å². The third kappa shape index (κ3) is 4.23. The molecule has 1 N–H and O–H groups in total. The second kappa shape index (κ2) is 7.31. The van der Waals surface area contributed by atoms with Crippen LogP contribution in [0.15, 0.2) is 77.4 Å². The first-order chi connectivity index (χ1) is 11.3. The van der Waals surface area contributed by atoms with Crippen LogP contribution in [-0.4, -0.2) is 5.91 Å². The molecule has 0 aliphatic carbocycles. The number of carbonyl (C=O) groups excluding carboxylic acids is 1. The van der Waals surface area contributed by atoms with E-state index in [-0.39, 0.29) is 5.91 Å². The molecule has 4 heteroatoms. The van der Waals surface area contributed by atoms with Gasteiger partial charge < -0.3 is 14.5 Å². The molecule has 1 aromatic heterocycles. The summed E-state index contributed by atoms with van der Waals surface area (Å²) in [6.07, 6.45) is 1.48. The Balaban J connectivity index is 1.50. The predicted octanol–water partition coefficient (Wildman–Crippen LogP) is 3.79. The summed E-state index contributed by atoms with van der Waals surface area (Å²) < 4.78 is 10.8. The molecule has 0 spiro atoms. The average molecular weight is 307 g/mol. The molecule has 1 amide bonds. The highest BCUT2D eigenvalue weighted by molar-refractivity contribution is 5.91. The van der Waals surface area contributed by atoms with E-state index in [4.69, 9.17) is 9.15 Å². The molecular weight excluding hydrogens is 290 g/mol. The molecule has 116 valence electrons. The average Bonchev–Trinajstić information content (AvgIpc) is 3.14. The summed E-state index contributed by atoms with van der Waals surface area (Å²) in [6, 6.07) is 21.0. The first-order valence-electron chi connectivity index (χ1n) is 7.38. The smallest absolute Gasteiger partial charge is 0.287 e. The van der Waals surface area contributed by atoms with Gasteiger partial charge in [-0.1, -0.05) is 42.5 Å². The maximum absolute atomic E-state index is 11.8. The lowest BCUT2D eigenvalue weighted by Crippen LogP contribution is -2.22. The van der Waals surface area contributed by atoms with Crippen molar-refractivity contribution in [1.82, 2.24) is 5.32 Å². The van der Waals surface area contributed by atoms with E-state index in [2.05, 4.69) is 5.32 Å². The molecule has 3 aromatic rings. The Labute approximate surface area is 134 Å². The van der Waals surface area contributed by atoms with E-state index in [0.29, 0.717) is 18.9 Å². The van der Waals surface area contributed by atoms with Crippen LogP contribution >= 0.6 is 0 Å². The molecule has 0 bridgehead atoms. The predicted molar refractivity (Wildman–Crippen MR) is 87.1 cm³/mol. The van der Waals surface area contributed by atoms with Crippen molar-refractivity contribution in [2.24, 2.45) is 0 Å². The van der Waals surface area contributed by atoms with E-state index in [0.717, 1.165) is 16.9 Å². The maximum Gasteiger partial charge on any atom is 0.287 e. The molecule has 0 aliphatic heterocycles. The summed E-state index contributed by atoms with van der Waals surface area (Å²) in [7, 11) is 0. The number of benzene rings is 2. The minimum atomic E-state index is -0.223. The standard InChI is InChI=1S/C19H17NO3/c21-19(18-7-4-12-22-18)20-13-15-8-10-17(11-9-15)23-14-16-5-2-1-3-6-16/h1-12H,13-14H2,(H,20,21). The SMILES string of the molecule is O=C(NCc1ccc(OCc2ccccc2)cc1)c1ccco1. The Morgan fingerprint density at radius 3 is 2.39 bits per heavy atom. The molecule has 3 rings (SSSR count). The van der Waals surface area contributed by atoms with Crippen LogP contribution in [0.2, 0.25) is 0 Å². The highest BCUT2D eigenvalue weighted by atomic mass is 16.5. The van der Waals surface area contributed by atoms with Gasteiger partial charge in [0.05, 0.1) is 6.26 Å². The van der Waals surface area contributed by atoms with Crippen LogP contribution in [-0.2, 0) is 13.2 Å². The van der Waals surface area contributed by atoms with Gasteiger partial charge in [0.1, 0.15) is 12.4 Å². The van der Waals surface area contributed by atoms with Crippen molar-refractivity contribution >= 4 is 5.91 Å². The lowest BCUT2D eigenvalue weighted by molar-refractivity contribution is 0.0923. The fourth-order valence-corrected chi connectivity index (χ4v) is 2.12. The summed E-state index contributed by atoms with van der Waals surface area (Å²) in [5.74, 6) is 0.891. The molecule has 0 saturated carbocycles. The van der Waals surface area contributed by atoms with Gasteiger partial charge in [0.25, 0.3) is 5.91 Å². The highest BCUT2D eigenvalue weighted by Gasteiger charge is 2.07. The van der Waals surface area contributed by atoms with Crippen molar-refractivity contribution in [2.45, 2.75) is 13.2 Å². The summed E-state index contributed by atoms with van der Waals surface area (Å²) in [4.78, 5) is 11.8. The van der Waals surface area contributed by atoms with Gasteiger partial charge in [-0.25, -0.2) is 0 Å². The normalized spacial score (nSPS) is 10.3. The second-order valence-corrected chi connectivity index (χ2v) is 5.08. The molecule has 0 atom stereocenters. The zero-order valence-corrected chi connectivity index (χ0v) is 12.6. The summed E-state index contributed by atoms with van der Waals surface area (Å²) in [6.45, 7) is 0.980. The molecule has 0 radical (unpaired) electrons. The molecule has 1 heterocycles. The van der Waals surface area contributed by atoms with Gasteiger partial charge in [0.2, 0.25) is 0 Å². The third-order valence-electron chi connectivity index (χ3n) is 3.37. The first kappa shape index (κ1) is 14.9. The largest absolute Gasteiger partial charge is 0.489 e. The third-order valence-corrected chi connectivity index (χ3v) is 3.37. The van der Waals surface area contributed by atoms with Crippen LogP contribution in [0.5, 0.6) is 5.75 Å². The maximum atomic E-state index is 11.8. The van der Waals surface area contributed by atoms with Crippen LogP contribution < -0.4 is 10.1 Å². The Hall–Kier alpha value is -3.01. The monoisotopic (exact) mass is 307 g/mol. The number of carbonyl (C=O) groups is 1. The van der Waals surface area contributed by atoms with Crippen molar-refractivity contribution < 1.29 is 13.9 Å². The summed E-state index contributed by atoms with van der Waals surface area (Å²) >= 11 is 0. The number of nitrogens with one attached hydrogen (secondary N) is 1. The number of furan rings is 1. The Morgan fingerprint density at radius 1 is 0.913 bits per heavy atom. The molecule has 23 heavy (non-hydrogen) atoms. The quantitative estimate of drug-likeness (QED) is 0.754. The van der Waals surface area contributed by atoms with E-state index < -0.39 is 0 Å². The molecule has 0 unspecified atom stereocenters. The van der Waals surface area contributed by atoms with Crippen LogP contribution in [0.25, 0.3) is 0 Å². The van der Waals surface area contributed by atoms with Gasteiger partial charge in [-0.2, -0.15) is 0 Å². The lowest BCUT2D eigenvalue weighted by atomic mass is 10.2. The van der Waals surface area contributed by atoms with Crippen molar-refractivity contribution in [2.75, 3.05) is 0 Å². The van der Waals surface area contributed by atoms with Crippen LogP contribution in [0, 0.1) is 0 Å². The van der Waals surface area contributed by atoms with Gasteiger partial charge >= 0.3 is 0 Å². The molecular formula is C19H17NO3. The van der Waals surface area contributed by atoms with E-state index in [1.54, 1.807) is 12.1 Å². The molecule has 0 fully saturated rings. The number of hydrogen-bond donors (Lipinski definition) is 1. The molecule has 0 aliphatic rings. The zero-order valence-electron chi connectivity index (χ0n) is 12.6. The number of rotatable bonds is 6. The Morgan fingerprint density at radius 2 is 1.70 bits per heavy atom. The second-order valence-electron chi connectivity index (χ2n) is 5.08. The van der Waals surface area contributed by atoms with Crippen LogP contribution in [0.1, 0.15) is 21.7 Å². The van der Waals surface area contributed by atoms with E-state index in [9.17, 15) is 4.79 Å². The van der Waals surface area contributed by atoms with Gasteiger partial charge in [-0.05, 0) is 35.4 Å². The lowest BCUT2D eigenvalue weighted by Gasteiger charge is -2.08. The first-order valence-corrected chi connectivity index (χ1v) is 7.38.